The molecule has 0 aliphatic heterocycles. The smallest absolute Gasteiger partial charge is 0.252 e. The van der Waals surface area contributed by atoms with Crippen LogP contribution in [0, 0.1) is 0 Å². The van der Waals surface area contributed by atoms with Crippen LogP contribution in [0.15, 0.2) is 42.7 Å². The van der Waals surface area contributed by atoms with Crippen molar-refractivity contribution in [2.75, 3.05) is 32.1 Å². The van der Waals surface area contributed by atoms with Gasteiger partial charge in [-0.1, -0.05) is 12.1 Å². The van der Waals surface area contributed by atoms with E-state index in [2.05, 4.69) is 22.4 Å². The van der Waals surface area contributed by atoms with Gasteiger partial charge in [0.25, 0.3) is 5.91 Å². The minimum absolute atomic E-state index is 0. The molecule has 1 heterocycles. The second-order valence-corrected chi connectivity index (χ2v) is 5.66. The van der Waals surface area contributed by atoms with E-state index in [0.29, 0.717) is 18.7 Å². The Hall–Kier alpha value is -1.82. The number of pyridine rings is 1. The molecule has 1 amide bonds. The fourth-order valence-corrected chi connectivity index (χ4v) is 2.25. The predicted molar refractivity (Wildman–Crippen MR) is 109 cm³/mol. The summed E-state index contributed by atoms with van der Waals surface area (Å²) >= 11 is 0. The van der Waals surface area contributed by atoms with E-state index in [1.165, 1.54) is 0 Å². The van der Waals surface area contributed by atoms with Crippen LogP contribution in [0.2, 0.25) is 0 Å². The normalized spacial score (nSPS) is 9.56. The highest BCUT2D eigenvalue weighted by molar-refractivity contribution is 5.95. The number of rotatable bonds is 7. The van der Waals surface area contributed by atoms with Crippen LogP contribution >= 0.6 is 24.8 Å². The van der Waals surface area contributed by atoms with Crippen LogP contribution in [0.3, 0.4) is 0 Å². The van der Waals surface area contributed by atoms with Crippen LogP contribution in [0.5, 0.6) is 0 Å². The molecule has 0 fully saturated rings. The Labute approximate surface area is 161 Å². The molecule has 0 bridgehead atoms. The lowest BCUT2D eigenvalue weighted by atomic mass is 10.1. The Kier molecular flexibility index (Phi) is 10.8. The Morgan fingerprint density at radius 2 is 1.76 bits per heavy atom. The van der Waals surface area contributed by atoms with Crippen molar-refractivity contribution in [1.29, 1.82) is 0 Å². The molecule has 0 aliphatic rings. The van der Waals surface area contributed by atoms with Crippen LogP contribution < -0.4 is 16.0 Å². The second-order valence-electron chi connectivity index (χ2n) is 5.66. The lowest BCUT2D eigenvalue weighted by Crippen LogP contribution is -2.25. The van der Waals surface area contributed by atoms with E-state index in [9.17, 15) is 4.79 Å². The molecule has 25 heavy (non-hydrogen) atoms. The van der Waals surface area contributed by atoms with Gasteiger partial charge in [0.2, 0.25) is 0 Å². The monoisotopic (exact) mass is 384 g/mol. The molecule has 0 radical (unpaired) electrons. The van der Waals surface area contributed by atoms with Crippen molar-refractivity contribution in [3.8, 4) is 11.1 Å². The van der Waals surface area contributed by atoms with Crippen LogP contribution in [0.4, 0.5) is 5.69 Å². The molecule has 2 aromatic rings. The summed E-state index contributed by atoms with van der Waals surface area (Å²) in [6, 6.07) is 10.0. The first kappa shape index (κ1) is 23.2. The molecule has 7 heteroatoms. The van der Waals surface area contributed by atoms with Gasteiger partial charge in [-0.05, 0) is 43.1 Å². The first-order valence-electron chi connectivity index (χ1n) is 7.83. The number of unbranched alkanes of at least 4 members (excludes halogenated alkanes) is 1. The van der Waals surface area contributed by atoms with Gasteiger partial charge in [0.1, 0.15) is 0 Å². The molecular weight excluding hydrogens is 359 g/mol. The van der Waals surface area contributed by atoms with Crippen LogP contribution in [0.25, 0.3) is 11.1 Å². The van der Waals surface area contributed by atoms with Gasteiger partial charge in [-0.15, -0.1) is 24.8 Å². The molecule has 0 saturated carbocycles. The molecule has 0 aliphatic carbocycles. The fraction of sp³-hybridized carbons (Fsp3) is 0.333. The van der Waals surface area contributed by atoms with E-state index in [1.807, 2.05) is 37.2 Å². The Morgan fingerprint density at radius 1 is 1.08 bits per heavy atom. The van der Waals surface area contributed by atoms with Gasteiger partial charge in [0.15, 0.2) is 0 Å². The highest BCUT2D eigenvalue weighted by Gasteiger charge is 2.07. The maximum Gasteiger partial charge on any atom is 0.252 e. The van der Waals surface area contributed by atoms with E-state index in [-0.39, 0.29) is 30.7 Å². The summed E-state index contributed by atoms with van der Waals surface area (Å²) < 4.78 is 0. The molecule has 5 nitrogen and oxygen atoms in total. The van der Waals surface area contributed by atoms with Crippen LogP contribution in [-0.2, 0) is 0 Å². The van der Waals surface area contributed by atoms with Gasteiger partial charge in [-0.25, -0.2) is 0 Å². The minimum atomic E-state index is -0.0960. The number of aromatic nitrogens is 1. The number of nitrogens with one attached hydrogen (secondary N) is 1. The van der Waals surface area contributed by atoms with E-state index in [0.717, 1.165) is 29.7 Å². The number of nitrogens with zero attached hydrogens (tertiary/aromatic N) is 2. The highest BCUT2D eigenvalue weighted by atomic mass is 35.5. The molecule has 3 N–H and O–H groups in total. The summed E-state index contributed by atoms with van der Waals surface area (Å²) in [4.78, 5) is 18.4. The zero-order chi connectivity index (χ0) is 16.7. The number of amides is 1. The number of hydrogen-bond donors (Lipinski definition) is 2. The summed E-state index contributed by atoms with van der Waals surface area (Å²) in [6.07, 6.45) is 5.17. The third kappa shape index (κ3) is 6.90. The largest absolute Gasteiger partial charge is 0.378 e. The Morgan fingerprint density at radius 3 is 2.36 bits per heavy atom. The zero-order valence-corrected chi connectivity index (χ0v) is 16.2. The summed E-state index contributed by atoms with van der Waals surface area (Å²) in [7, 11) is 4.01. The van der Waals surface area contributed by atoms with Crippen molar-refractivity contribution in [2.24, 2.45) is 5.73 Å². The number of anilines is 1. The van der Waals surface area contributed by atoms with Crippen molar-refractivity contribution in [2.45, 2.75) is 12.8 Å². The van der Waals surface area contributed by atoms with E-state index in [4.69, 9.17) is 5.73 Å². The van der Waals surface area contributed by atoms with Gasteiger partial charge in [-0.2, -0.15) is 0 Å². The number of benzene rings is 1. The molecule has 138 valence electrons. The first-order valence-corrected chi connectivity index (χ1v) is 7.83. The van der Waals surface area contributed by atoms with E-state index < -0.39 is 0 Å². The molecule has 1 aromatic heterocycles. The highest BCUT2D eigenvalue weighted by Crippen LogP contribution is 2.22. The molecule has 1 aromatic carbocycles. The number of nitrogens with two attached hydrogens (primary N) is 1. The number of carbonyl (C=O) groups excluding carboxylic acids is 1. The SMILES string of the molecule is CN(C)c1ccc(-c2cncc(C(=O)NCCCCN)c2)cc1.Cl.Cl. The summed E-state index contributed by atoms with van der Waals surface area (Å²) in [5, 5.41) is 2.90. The minimum Gasteiger partial charge on any atom is -0.378 e. The third-order valence-electron chi connectivity index (χ3n) is 3.63. The van der Waals surface area contributed by atoms with Crippen LogP contribution in [-0.4, -0.2) is 38.1 Å². The molecule has 0 spiro atoms. The van der Waals surface area contributed by atoms with Gasteiger partial charge >= 0.3 is 0 Å². The number of hydrogen-bond acceptors (Lipinski definition) is 4. The van der Waals surface area contributed by atoms with E-state index >= 15 is 0 Å². The number of halogens is 2. The molecule has 2 rings (SSSR count). The van der Waals surface area contributed by atoms with Gasteiger partial charge in [0.05, 0.1) is 5.56 Å². The van der Waals surface area contributed by atoms with Crippen molar-refractivity contribution >= 4 is 36.4 Å². The molecule has 0 atom stereocenters. The summed E-state index contributed by atoms with van der Waals surface area (Å²) in [6.45, 7) is 1.29. The standard InChI is InChI=1S/C18H24N4O.2ClH/c1-22(2)17-7-5-14(6-8-17)15-11-16(13-20-12-15)18(23)21-10-4-3-9-19;;/h5-8,11-13H,3-4,9-10,19H2,1-2H3,(H,21,23);2*1H. The molecular formula is C18H26Cl2N4O. The van der Waals surface area contributed by atoms with Crippen molar-refractivity contribution < 1.29 is 4.79 Å². The molecule has 0 unspecified atom stereocenters. The van der Waals surface area contributed by atoms with Crippen molar-refractivity contribution in [3.63, 3.8) is 0 Å². The Bertz CT molecular complexity index is 648. The van der Waals surface area contributed by atoms with Crippen LogP contribution in [0.1, 0.15) is 23.2 Å². The second kappa shape index (κ2) is 11.7. The Balaban J connectivity index is 0.00000288. The van der Waals surface area contributed by atoms with Crippen molar-refractivity contribution in [3.05, 3.63) is 48.3 Å². The van der Waals surface area contributed by atoms with E-state index in [1.54, 1.807) is 12.4 Å². The van der Waals surface area contributed by atoms with Gasteiger partial charge in [0, 0.05) is 44.3 Å². The average molecular weight is 385 g/mol. The number of carbonyl (C=O) groups is 1. The van der Waals surface area contributed by atoms with Gasteiger partial charge in [-0.3, -0.25) is 9.78 Å². The maximum absolute atomic E-state index is 12.1. The summed E-state index contributed by atoms with van der Waals surface area (Å²) in [5.74, 6) is -0.0960. The fourth-order valence-electron chi connectivity index (χ4n) is 2.25. The van der Waals surface area contributed by atoms with Crippen molar-refractivity contribution in [1.82, 2.24) is 10.3 Å². The average Bonchev–Trinajstić information content (AvgIpc) is 2.59. The lowest BCUT2D eigenvalue weighted by molar-refractivity contribution is 0.0952. The zero-order valence-electron chi connectivity index (χ0n) is 14.6. The topological polar surface area (TPSA) is 71.2 Å². The lowest BCUT2D eigenvalue weighted by Gasteiger charge is -2.13. The maximum atomic E-state index is 12.1. The first-order chi connectivity index (χ1) is 11.1. The third-order valence-corrected chi connectivity index (χ3v) is 3.63. The van der Waals surface area contributed by atoms with Gasteiger partial charge < -0.3 is 16.0 Å². The summed E-state index contributed by atoms with van der Waals surface area (Å²) in [5.41, 5.74) is 9.13. The molecule has 0 saturated heterocycles. The quantitative estimate of drug-likeness (QED) is 0.719. The predicted octanol–water partition coefficient (Wildman–Crippen LogP) is 3.13.